The van der Waals surface area contributed by atoms with E-state index in [4.69, 9.17) is 11.6 Å². The highest BCUT2D eigenvalue weighted by molar-refractivity contribution is 7.84. The Balaban J connectivity index is 3.08. The maximum absolute atomic E-state index is 12.2. The zero-order chi connectivity index (χ0) is 14.6. The van der Waals surface area contributed by atoms with E-state index in [1.165, 1.54) is 0 Å². The van der Waals surface area contributed by atoms with Crippen LogP contribution >= 0.6 is 11.6 Å². The van der Waals surface area contributed by atoms with Gasteiger partial charge in [-0.15, -0.1) is 0 Å². The molecule has 2 unspecified atom stereocenters. The molecule has 0 spiro atoms. The quantitative estimate of drug-likeness (QED) is 0.805. The Hall–Kier alpha value is -0.880. The van der Waals surface area contributed by atoms with Gasteiger partial charge < -0.3 is 0 Å². The fourth-order valence-corrected chi connectivity index (χ4v) is 2.43. The van der Waals surface area contributed by atoms with Crippen molar-refractivity contribution < 1.29 is 4.21 Å². The van der Waals surface area contributed by atoms with Gasteiger partial charge in [0.05, 0.1) is 5.56 Å². The molecule has 1 N–H and O–H groups in total. The van der Waals surface area contributed by atoms with Crippen LogP contribution in [0.5, 0.6) is 0 Å². The van der Waals surface area contributed by atoms with Gasteiger partial charge in [0.25, 0.3) is 5.56 Å². The molecule has 1 aromatic rings. The summed E-state index contributed by atoms with van der Waals surface area (Å²) in [7, 11) is -0.964. The molecule has 5 nitrogen and oxygen atoms in total. The average Bonchev–Trinajstić information content (AvgIpc) is 2.33. The number of nitrogens with zero attached hydrogens (tertiary/aromatic N) is 1. The zero-order valence-electron chi connectivity index (χ0n) is 11.4. The monoisotopic (exact) mass is 306 g/mol. The predicted octanol–water partition coefficient (Wildman–Crippen LogP) is 1.30. The molecule has 0 fully saturated rings. The highest BCUT2D eigenvalue weighted by Gasteiger charge is 2.13. The maximum Gasteiger partial charge on any atom is 0.329 e. The third kappa shape index (κ3) is 4.04. The fourth-order valence-electron chi connectivity index (χ4n) is 1.73. The largest absolute Gasteiger partial charge is 0.329 e. The van der Waals surface area contributed by atoms with Crippen LogP contribution in [0.3, 0.4) is 0 Å². The van der Waals surface area contributed by atoms with Crippen molar-refractivity contribution in [2.45, 2.75) is 44.9 Å². The van der Waals surface area contributed by atoms with E-state index in [1.807, 2.05) is 13.8 Å². The van der Waals surface area contributed by atoms with Crippen molar-refractivity contribution in [1.29, 1.82) is 0 Å². The normalized spacial score (nSPS) is 14.3. The molecule has 0 amide bonds. The summed E-state index contributed by atoms with van der Waals surface area (Å²) in [6.07, 6.45) is 3.43. The smallest absolute Gasteiger partial charge is 0.297 e. The number of halogens is 1. The maximum atomic E-state index is 12.2. The molecule has 0 saturated carbocycles. The zero-order valence-corrected chi connectivity index (χ0v) is 12.9. The minimum absolute atomic E-state index is 0.0587. The number of rotatable bonds is 6. The Kier molecular flexibility index (Phi) is 6.00. The van der Waals surface area contributed by atoms with Gasteiger partial charge in [0.15, 0.2) is 0 Å². The van der Waals surface area contributed by atoms with E-state index in [2.05, 4.69) is 4.98 Å². The summed E-state index contributed by atoms with van der Waals surface area (Å²) in [5.74, 6) is 0. The van der Waals surface area contributed by atoms with Gasteiger partial charge in [-0.3, -0.25) is 18.6 Å². The molecule has 0 aliphatic heterocycles. The van der Waals surface area contributed by atoms with Gasteiger partial charge in [-0.25, -0.2) is 4.79 Å². The number of aromatic amines is 1. The van der Waals surface area contributed by atoms with Gasteiger partial charge in [-0.2, -0.15) is 0 Å². The molecule has 0 aliphatic carbocycles. The highest BCUT2D eigenvalue weighted by atomic mass is 35.5. The lowest BCUT2D eigenvalue weighted by Gasteiger charge is -2.11. The summed E-state index contributed by atoms with van der Waals surface area (Å²) in [6, 6.07) is 0. The fraction of sp³-hybridized carbons (Fsp3) is 0.667. The van der Waals surface area contributed by atoms with Crippen LogP contribution in [0.4, 0.5) is 0 Å². The minimum atomic E-state index is -0.964. The summed E-state index contributed by atoms with van der Waals surface area (Å²) in [5.41, 5.74) is -0.414. The van der Waals surface area contributed by atoms with Crippen LogP contribution in [0.15, 0.2) is 9.59 Å². The Labute approximate surface area is 119 Å². The molecule has 0 aromatic carbocycles. The molecule has 7 heteroatoms. The molecule has 0 bridgehead atoms. The van der Waals surface area contributed by atoms with Crippen LogP contribution in [0.2, 0.25) is 5.15 Å². The summed E-state index contributed by atoms with van der Waals surface area (Å²) in [4.78, 5) is 26.4. The SMILES string of the molecule is CCCc1c(Cl)[nH]c(=O)n(CCC(C)S(C)=O)c1=O. The van der Waals surface area contributed by atoms with Crippen LogP contribution in [-0.2, 0) is 23.8 Å². The van der Waals surface area contributed by atoms with Crippen molar-refractivity contribution in [2.75, 3.05) is 6.26 Å². The van der Waals surface area contributed by atoms with Gasteiger partial charge in [-0.1, -0.05) is 31.9 Å². The minimum Gasteiger partial charge on any atom is -0.297 e. The molecule has 108 valence electrons. The number of hydrogen-bond donors (Lipinski definition) is 1. The highest BCUT2D eigenvalue weighted by Crippen LogP contribution is 2.08. The van der Waals surface area contributed by atoms with Crippen molar-refractivity contribution in [1.82, 2.24) is 9.55 Å². The third-order valence-electron chi connectivity index (χ3n) is 3.06. The van der Waals surface area contributed by atoms with E-state index in [9.17, 15) is 13.8 Å². The molecule has 2 atom stereocenters. The van der Waals surface area contributed by atoms with Gasteiger partial charge in [0.2, 0.25) is 0 Å². The summed E-state index contributed by atoms with van der Waals surface area (Å²) >= 11 is 5.88. The van der Waals surface area contributed by atoms with Crippen LogP contribution in [-0.4, -0.2) is 25.3 Å². The second kappa shape index (κ2) is 7.05. The molecule has 0 saturated heterocycles. The second-order valence-electron chi connectivity index (χ2n) is 4.53. The molecule has 0 radical (unpaired) electrons. The Bertz CT molecular complexity index is 579. The first kappa shape index (κ1) is 16.2. The number of H-pyrrole nitrogens is 1. The van der Waals surface area contributed by atoms with E-state index < -0.39 is 16.5 Å². The van der Waals surface area contributed by atoms with E-state index >= 15 is 0 Å². The van der Waals surface area contributed by atoms with Crippen molar-refractivity contribution in [3.05, 3.63) is 31.6 Å². The van der Waals surface area contributed by atoms with E-state index in [0.29, 0.717) is 18.4 Å². The second-order valence-corrected chi connectivity index (χ2v) is 6.71. The van der Waals surface area contributed by atoms with Crippen LogP contribution < -0.4 is 11.2 Å². The van der Waals surface area contributed by atoms with Crippen LogP contribution in [0, 0.1) is 0 Å². The number of hydrogen-bond acceptors (Lipinski definition) is 3. The molecule has 0 aliphatic rings. The Morgan fingerprint density at radius 1 is 1.42 bits per heavy atom. The van der Waals surface area contributed by atoms with E-state index in [0.717, 1.165) is 11.0 Å². The first-order valence-electron chi connectivity index (χ1n) is 6.22. The van der Waals surface area contributed by atoms with Gasteiger partial charge >= 0.3 is 5.69 Å². The third-order valence-corrected chi connectivity index (χ3v) is 4.75. The van der Waals surface area contributed by atoms with Gasteiger partial charge in [-0.05, 0) is 12.8 Å². The lowest BCUT2D eigenvalue weighted by Crippen LogP contribution is -2.38. The topological polar surface area (TPSA) is 71.9 Å². The Morgan fingerprint density at radius 2 is 2.05 bits per heavy atom. The van der Waals surface area contributed by atoms with Gasteiger partial charge in [0.1, 0.15) is 5.15 Å². The van der Waals surface area contributed by atoms with Crippen molar-refractivity contribution in [3.63, 3.8) is 0 Å². The van der Waals surface area contributed by atoms with E-state index in [1.54, 1.807) is 6.26 Å². The van der Waals surface area contributed by atoms with Crippen LogP contribution in [0.1, 0.15) is 32.3 Å². The predicted molar refractivity (Wildman–Crippen MR) is 78.5 cm³/mol. The molecule has 19 heavy (non-hydrogen) atoms. The first-order chi connectivity index (χ1) is 8.88. The van der Waals surface area contributed by atoms with Gasteiger partial charge in [0, 0.05) is 28.9 Å². The standard InChI is InChI=1S/C12H19ClN2O3S/c1-4-5-9-10(13)14-12(17)15(11(9)16)7-6-8(2)19(3)18/h8H,4-7H2,1-3H3,(H,14,17). The molecule has 1 heterocycles. The van der Waals surface area contributed by atoms with Crippen molar-refractivity contribution >= 4 is 22.4 Å². The molecular weight excluding hydrogens is 288 g/mol. The molecule has 1 rings (SSSR count). The van der Waals surface area contributed by atoms with Crippen molar-refractivity contribution in [3.8, 4) is 0 Å². The Morgan fingerprint density at radius 3 is 2.58 bits per heavy atom. The summed E-state index contributed by atoms with van der Waals surface area (Å²) in [6.45, 7) is 4.02. The lowest BCUT2D eigenvalue weighted by atomic mass is 10.2. The lowest BCUT2D eigenvalue weighted by molar-refractivity contribution is 0.573. The summed E-state index contributed by atoms with van der Waals surface area (Å²) in [5, 5.41) is 0.0665. The molecule has 1 aromatic heterocycles. The summed E-state index contributed by atoms with van der Waals surface area (Å²) < 4.78 is 12.4. The number of aromatic nitrogens is 2. The molecular formula is C12H19ClN2O3S. The van der Waals surface area contributed by atoms with Crippen LogP contribution in [0.25, 0.3) is 0 Å². The number of nitrogens with one attached hydrogen (secondary N) is 1. The average molecular weight is 307 g/mol. The first-order valence-corrected chi connectivity index (χ1v) is 8.22. The van der Waals surface area contributed by atoms with Crippen molar-refractivity contribution in [2.24, 2.45) is 0 Å². The van der Waals surface area contributed by atoms with E-state index in [-0.39, 0.29) is 22.5 Å².